The van der Waals surface area contributed by atoms with Crippen molar-refractivity contribution in [2.45, 2.75) is 20.3 Å². The van der Waals surface area contributed by atoms with Crippen LogP contribution >= 0.6 is 11.3 Å². The fourth-order valence-electron chi connectivity index (χ4n) is 0.702. The van der Waals surface area contributed by atoms with Crippen LogP contribution in [0, 0.1) is 0 Å². The molecular weight excluding hydrogens is 144 g/mol. The number of rotatable bonds is 3. The molecule has 1 aromatic heterocycles. The fourth-order valence-corrected chi connectivity index (χ4v) is 1.57. The van der Waals surface area contributed by atoms with Crippen LogP contribution in [0.1, 0.15) is 21.0 Å². The molecule has 0 saturated heterocycles. The quantitative estimate of drug-likeness (QED) is 0.730. The van der Waals surface area contributed by atoms with Crippen molar-refractivity contribution in [3.63, 3.8) is 0 Å². The maximum Gasteiger partial charge on any atom is 0.182 e. The summed E-state index contributed by atoms with van der Waals surface area (Å²) in [6, 6.07) is 0. The average Bonchev–Trinajstić information content (AvgIpc) is 2.37. The fraction of sp³-hybridized carbons (Fsp3) is 0.571. The Morgan fingerprint density at radius 3 is 3.00 bits per heavy atom. The molecule has 0 spiro atoms. The van der Waals surface area contributed by atoms with Gasteiger partial charge in [-0.15, -0.1) is 11.3 Å². The van der Waals surface area contributed by atoms with Crippen LogP contribution in [0.3, 0.4) is 0 Å². The van der Waals surface area contributed by atoms with Crippen molar-refractivity contribution < 1.29 is 1.43 Å². The first-order valence-corrected chi connectivity index (χ1v) is 4.43. The van der Waals surface area contributed by atoms with Crippen LogP contribution in [0.25, 0.3) is 0 Å². The minimum absolute atomic E-state index is 0. The molecule has 3 heteroatoms. The Kier molecular flexibility index (Phi) is 2.68. The van der Waals surface area contributed by atoms with Gasteiger partial charge in [0, 0.05) is 13.4 Å². The minimum atomic E-state index is 0. The van der Waals surface area contributed by atoms with Crippen molar-refractivity contribution in [3.8, 4) is 0 Å². The number of anilines is 1. The molecule has 10 heavy (non-hydrogen) atoms. The number of aromatic nitrogens is 1. The number of nitrogens with zero attached hydrogens (tertiary/aromatic N) is 1. The van der Waals surface area contributed by atoms with E-state index in [0.29, 0.717) is 0 Å². The second kappa shape index (κ2) is 3.56. The highest BCUT2D eigenvalue weighted by Gasteiger charge is 1.95. The van der Waals surface area contributed by atoms with Gasteiger partial charge in [0.25, 0.3) is 0 Å². The Morgan fingerprint density at radius 2 is 2.50 bits per heavy atom. The largest absolute Gasteiger partial charge is 0.362 e. The summed E-state index contributed by atoms with van der Waals surface area (Å²) in [5, 5.41) is 6.31. The Bertz CT molecular complexity index is 200. The molecule has 0 saturated carbocycles. The van der Waals surface area contributed by atoms with Crippen molar-refractivity contribution in [2.75, 3.05) is 11.9 Å². The standard InChI is InChI=1S/C7H12N2S.H2/c1-3-6-5-10-7(9-6)8-4-2;/h5H,3-4H2,1-2H3,(H,8,9);1H. The van der Waals surface area contributed by atoms with E-state index in [9.17, 15) is 0 Å². The van der Waals surface area contributed by atoms with Crippen molar-refractivity contribution >= 4 is 16.5 Å². The predicted octanol–water partition coefficient (Wildman–Crippen LogP) is 2.38. The number of thiazole rings is 1. The van der Waals surface area contributed by atoms with E-state index in [1.807, 2.05) is 0 Å². The van der Waals surface area contributed by atoms with Gasteiger partial charge in [0.05, 0.1) is 5.69 Å². The van der Waals surface area contributed by atoms with Crippen LogP contribution in [0.2, 0.25) is 0 Å². The topological polar surface area (TPSA) is 24.9 Å². The van der Waals surface area contributed by atoms with Crippen molar-refractivity contribution in [2.24, 2.45) is 0 Å². The van der Waals surface area contributed by atoms with E-state index in [0.717, 1.165) is 18.1 Å². The third kappa shape index (κ3) is 1.70. The van der Waals surface area contributed by atoms with Crippen LogP contribution in [-0.2, 0) is 6.42 Å². The van der Waals surface area contributed by atoms with Crippen molar-refractivity contribution in [1.82, 2.24) is 4.98 Å². The van der Waals surface area contributed by atoms with Gasteiger partial charge in [-0.05, 0) is 13.3 Å². The summed E-state index contributed by atoms with van der Waals surface area (Å²) in [5.74, 6) is 0. The first-order valence-electron chi connectivity index (χ1n) is 3.55. The van der Waals surface area contributed by atoms with Gasteiger partial charge in [-0.3, -0.25) is 0 Å². The Labute approximate surface area is 66.8 Å². The molecule has 0 fully saturated rings. The molecule has 1 heterocycles. The molecule has 1 rings (SSSR count). The van der Waals surface area contributed by atoms with E-state index in [1.54, 1.807) is 11.3 Å². The number of hydrogen-bond donors (Lipinski definition) is 1. The lowest BCUT2D eigenvalue weighted by atomic mass is 10.4. The second-order valence-electron chi connectivity index (χ2n) is 2.03. The van der Waals surface area contributed by atoms with E-state index < -0.39 is 0 Å². The number of aryl methyl sites for hydroxylation is 1. The maximum absolute atomic E-state index is 4.33. The first kappa shape index (κ1) is 7.54. The van der Waals surface area contributed by atoms with Gasteiger partial charge < -0.3 is 5.32 Å². The van der Waals surface area contributed by atoms with E-state index in [-0.39, 0.29) is 1.43 Å². The van der Waals surface area contributed by atoms with E-state index in [1.165, 1.54) is 5.69 Å². The van der Waals surface area contributed by atoms with Gasteiger partial charge in [-0.1, -0.05) is 6.92 Å². The van der Waals surface area contributed by atoms with Gasteiger partial charge in [-0.2, -0.15) is 0 Å². The third-order valence-electron chi connectivity index (χ3n) is 1.24. The summed E-state index contributed by atoms with van der Waals surface area (Å²) in [7, 11) is 0. The molecule has 0 aliphatic rings. The minimum Gasteiger partial charge on any atom is -0.362 e. The molecule has 0 aromatic carbocycles. The molecule has 2 nitrogen and oxygen atoms in total. The lowest BCUT2D eigenvalue weighted by Gasteiger charge is -1.92. The first-order chi connectivity index (χ1) is 4.86. The number of hydrogen-bond acceptors (Lipinski definition) is 3. The molecule has 58 valence electrons. The van der Waals surface area contributed by atoms with Crippen molar-refractivity contribution in [1.29, 1.82) is 0 Å². The lowest BCUT2D eigenvalue weighted by molar-refractivity contribution is 1.05. The molecule has 1 aromatic rings. The van der Waals surface area contributed by atoms with Crippen LogP contribution in [0.4, 0.5) is 5.13 Å². The predicted molar refractivity (Wildman–Crippen MR) is 47.8 cm³/mol. The highest BCUT2D eigenvalue weighted by Crippen LogP contribution is 2.14. The molecular formula is C7H14N2S. The summed E-state index contributed by atoms with van der Waals surface area (Å²) in [5.41, 5.74) is 1.18. The molecule has 0 aliphatic carbocycles. The zero-order valence-electron chi connectivity index (χ0n) is 6.35. The second-order valence-corrected chi connectivity index (χ2v) is 2.89. The summed E-state index contributed by atoms with van der Waals surface area (Å²) >= 11 is 1.68. The van der Waals surface area contributed by atoms with E-state index in [2.05, 4.69) is 29.5 Å². The summed E-state index contributed by atoms with van der Waals surface area (Å²) in [4.78, 5) is 4.33. The highest BCUT2D eigenvalue weighted by molar-refractivity contribution is 7.13. The third-order valence-corrected chi connectivity index (χ3v) is 2.09. The average molecular weight is 158 g/mol. The normalized spacial score (nSPS) is 9.80. The molecule has 0 bridgehead atoms. The summed E-state index contributed by atoms with van der Waals surface area (Å²) < 4.78 is 0. The Morgan fingerprint density at radius 1 is 1.70 bits per heavy atom. The summed E-state index contributed by atoms with van der Waals surface area (Å²) in [6.07, 6.45) is 1.03. The highest BCUT2D eigenvalue weighted by atomic mass is 32.1. The molecule has 0 unspecified atom stereocenters. The summed E-state index contributed by atoms with van der Waals surface area (Å²) in [6.45, 7) is 5.15. The van der Waals surface area contributed by atoms with Crippen LogP contribution in [0.15, 0.2) is 5.38 Å². The molecule has 0 aliphatic heterocycles. The van der Waals surface area contributed by atoms with Gasteiger partial charge in [0.15, 0.2) is 5.13 Å². The molecule has 0 radical (unpaired) electrons. The lowest BCUT2D eigenvalue weighted by Crippen LogP contribution is -1.95. The van der Waals surface area contributed by atoms with Crippen LogP contribution in [-0.4, -0.2) is 11.5 Å². The van der Waals surface area contributed by atoms with Gasteiger partial charge >= 0.3 is 0 Å². The van der Waals surface area contributed by atoms with Crippen LogP contribution < -0.4 is 5.32 Å². The Hall–Kier alpha value is -0.570. The van der Waals surface area contributed by atoms with Crippen LogP contribution in [0.5, 0.6) is 0 Å². The van der Waals surface area contributed by atoms with Gasteiger partial charge in [0.2, 0.25) is 0 Å². The number of nitrogens with one attached hydrogen (secondary N) is 1. The molecule has 1 N–H and O–H groups in total. The zero-order valence-corrected chi connectivity index (χ0v) is 7.16. The molecule has 0 atom stereocenters. The molecule has 0 amide bonds. The monoisotopic (exact) mass is 158 g/mol. The maximum atomic E-state index is 4.33. The van der Waals surface area contributed by atoms with Gasteiger partial charge in [-0.25, -0.2) is 4.98 Å². The zero-order chi connectivity index (χ0) is 7.40. The van der Waals surface area contributed by atoms with E-state index in [4.69, 9.17) is 0 Å². The van der Waals surface area contributed by atoms with Gasteiger partial charge in [0.1, 0.15) is 0 Å². The SMILES string of the molecule is CCNc1nc(CC)cs1.[HH]. The van der Waals surface area contributed by atoms with Crippen molar-refractivity contribution in [3.05, 3.63) is 11.1 Å². The van der Waals surface area contributed by atoms with E-state index >= 15 is 0 Å². The smallest absolute Gasteiger partial charge is 0.182 e. The Balaban J connectivity index is 0.000001000.